The minimum atomic E-state index is 1.28. The van der Waals surface area contributed by atoms with Crippen molar-refractivity contribution in [2.45, 2.75) is 13.8 Å². The van der Waals surface area contributed by atoms with Crippen molar-refractivity contribution in [2.75, 3.05) is 0 Å². The number of aromatic nitrogens is 2. The minimum Gasteiger partial charge on any atom is -0.347 e. The van der Waals surface area contributed by atoms with Gasteiger partial charge in [0.05, 0.1) is 0 Å². The maximum absolute atomic E-state index is 2.27. The Morgan fingerprint density at radius 2 is 1.00 bits per heavy atom. The number of hydrogen-bond acceptors (Lipinski definition) is 0. The molecular formula is C22H22N2. The van der Waals surface area contributed by atoms with Gasteiger partial charge in [0.1, 0.15) is 0 Å². The van der Waals surface area contributed by atoms with Crippen LogP contribution < -0.4 is 0 Å². The molecule has 0 aliphatic rings. The summed E-state index contributed by atoms with van der Waals surface area (Å²) in [6.07, 6.45) is 4.54. The van der Waals surface area contributed by atoms with Crippen molar-refractivity contribution in [2.24, 2.45) is 14.1 Å². The number of fused-ring (bicyclic) bond motifs is 2. The Labute approximate surface area is 142 Å². The van der Waals surface area contributed by atoms with Crippen LogP contribution in [0.25, 0.3) is 34.0 Å². The van der Waals surface area contributed by atoms with Crippen LogP contribution in [-0.2, 0) is 14.1 Å². The number of para-hydroxylation sites is 2. The molecule has 24 heavy (non-hydrogen) atoms. The molecule has 0 amide bonds. The van der Waals surface area contributed by atoms with E-state index >= 15 is 0 Å². The lowest BCUT2D eigenvalue weighted by atomic mass is 10.1. The molecule has 0 unspecified atom stereocenters. The standard InChI is InChI=1S/C22H22N2/c1-15-17(19-9-5-7-11-21(19)23(15)3)13-14-18-16(2)24(4)22-12-8-6-10-20(18)22/h5-14H,1-4H3. The van der Waals surface area contributed by atoms with Crippen molar-refractivity contribution in [3.05, 3.63) is 71.0 Å². The SMILES string of the molecule is Cc1c(C=Cc2c(C)n(C)c3ccccc23)c2ccccc2n1C. The number of nitrogens with zero attached hydrogens (tertiary/aromatic N) is 2. The topological polar surface area (TPSA) is 9.86 Å². The fourth-order valence-corrected chi connectivity index (χ4v) is 3.69. The van der Waals surface area contributed by atoms with Crippen LogP contribution in [0.3, 0.4) is 0 Å². The highest BCUT2D eigenvalue weighted by Gasteiger charge is 2.11. The first-order valence-corrected chi connectivity index (χ1v) is 8.35. The van der Waals surface area contributed by atoms with E-state index in [1.54, 1.807) is 0 Å². The number of benzene rings is 2. The third-order valence-electron chi connectivity index (χ3n) is 5.31. The fraction of sp³-hybridized carbons (Fsp3) is 0.182. The summed E-state index contributed by atoms with van der Waals surface area (Å²) >= 11 is 0. The van der Waals surface area contributed by atoms with Gasteiger partial charge in [-0.15, -0.1) is 0 Å². The van der Waals surface area contributed by atoms with Gasteiger partial charge in [-0.25, -0.2) is 0 Å². The van der Waals surface area contributed by atoms with Crippen molar-refractivity contribution in [3.63, 3.8) is 0 Å². The Morgan fingerprint density at radius 3 is 1.42 bits per heavy atom. The summed E-state index contributed by atoms with van der Waals surface area (Å²) in [5, 5.41) is 2.62. The molecule has 0 atom stereocenters. The van der Waals surface area contributed by atoms with Crippen LogP contribution in [0, 0.1) is 13.8 Å². The molecule has 2 heteroatoms. The second-order valence-electron chi connectivity index (χ2n) is 6.48. The van der Waals surface area contributed by atoms with Crippen LogP contribution in [0.15, 0.2) is 48.5 Å². The second kappa shape index (κ2) is 5.41. The number of hydrogen-bond donors (Lipinski definition) is 0. The van der Waals surface area contributed by atoms with Gasteiger partial charge in [0, 0.05) is 58.4 Å². The zero-order valence-electron chi connectivity index (χ0n) is 14.7. The zero-order chi connectivity index (χ0) is 16.8. The van der Waals surface area contributed by atoms with E-state index in [-0.39, 0.29) is 0 Å². The van der Waals surface area contributed by atoms with Crippen LogP contribution >= 0.6 is 0 Å². The smallest absolute Gasteiger partial charge is 0.0486 e. The van der Waals surface area contributed by atoms with Gasteiger partial charge < -0.3 is 9.13 Å². The third-order valence-corrected chi connectivity index (χ3v) is 5.31. The highest BCUT2D eigenvalue weighted by Crippen LogP contribution is 2.30. The summed E-state index contributed by atoms with van der Waals surface area (Å²) < 4.78 is 4.54. The molecule has 2 heterocycles. The molecule has 4 aromatic rings. The van der Waals surface area contributed by atoms with Crippen LogP contribution in [0.2, 0.25) is 0 Å². The number of rotatable bonds is 2. The molecule has 0 N–H and O–H groups in total. The molecule has 4 rings (SSSR count). The first-order chi connectivity index (χ1) is 11.6. The quantitative estimate of drug-likeness (QED) is 0.465. The predicted molar refractivity (Wildman–Crippen MR) is 104 cm³/mol. The predicted octanol–water partition coefficient (Wildman–Crippen LogP) is 5.46. The normalized spacial score (nSPS) is 12.0. The van der Waals surface area contributed by atoms with Crippen molar-refractivity contribution < 1.29 is 0 Å². The molecule has 0 aliphatic heterocycles. The third kappa shape index (κ3) is 2.03. The first-order valence-electron chi connectivity index (χ1n) is 8.35. The van der Waals surface area contributed by atoms with E-state index in [2.05, 4.69) is 97.8 Å². The van der Waals surface area contributed by atoms with Gasteiger partial charge in [0.15, 0.2) is 0 Å². The lowest BCUT2D eigenvalue weighted by Crippen LogP contribution is -1.90. The van der Waals surface area contributed by atoms with Crippen molar-refractivity contribution in [3.8, 4) is 0 Å². The molecular weight excluding hydrogens is 292 g/mol. The highest BCUT2D eigenvalue weighted by atomic mass is 14.9. The maximum atomic E-state index is 2.27. The first kappa shape index (κ1) is 14.8. The summed E-state index contributed by atoms with van der Waals surface area (Å²) in [4.78, 5) is 0. The van der Waals surface area contributed by atoms with E-state index in [4.69, 9.17) is 0 Å². The molecule has 0 fully saturated rings. The molecule has 2 aromatic carbocycles. The van der Waals surface area contributed by atoms with Crippen LogP contribution in [0.1, 0.15) is 22.5 Å². The molecule has 2 aromatic heterocycles. The van der Waals surface area contributed by atoms with Gasteiger partial charge in [-0.1, -0.05) is 48.6 Å². The Kier molecular flexibility index (Phi) is 3.34. The largest absolute Gasteiger partial charge is 0.347 e. The van der Waals surface area contributed by atoms with Crippen LogP contribution in [0.4, 0.5) is 0 Å². The lowest BCUT2D eigenvalue weighted by molar-refractivity contribution is 0.915. The minimum absolute atomic E-state index is 1.28. The van der Waals surface area contributed by atoms with Gasteiger partial charge in [-0.05, 0) is 26.0 Å². The van der Waals surface area contributed by atoms with E-state index in [9.17, 15) is 0 Å². The average Bonchev–Trinajstić information content (AvgIpc) is 3.00. The summed E-state index contributed by atoms with van der Waals surface area (Å²) in [6.45, 7) is 4.38. The van der Waals surface area contributed by atoms with Gasteiger partial charge >= 0.3 is 0 Å². The Balaban J connectivity index is 1.91. The van der Waals surface area contributed by atoms with Gasteiger partial charge in [-0.3, -0.25) is 0 Å². The monoisotopic (exact) mass is 314 g/mol. The Morgan fingerprint density at radius 1 is 0.625 bits per heavy atom. The van der Waals surface area contributed by atoms with Crippen molar-refractivity contribution in [1.29, 1.82) is 0 Å². The lowest BCUT2D eigenvalue weighted by Gasteiger charge is -1.99. The molecule has 0 saturated heterocycles. The van der Waals surface area contributed by atoms with Gasteiger partial charge in [0.2, 0.25) is 0 Å². The Bertz CT molecular complexity index is 1000. The molecule has 0 bridgehead atoms. The summed E-state index contributed by atoms with van der Waals surface area (Å²) in [5.41, 5.74) is 7.77. The molecule has 0 saturated carbocycles. The van der Waals surface area contributed by atoms with Crippen molar-refractivity contribution >= 4 is 34.0 Å². The van der Waals surface area contributed by atoms with Crippen LogP contribution in [0.5, 0.6) is 0 Å². The van der Waals surface area contributed by atoms with Crippen LogP contribution in [-0.4, -0.2) is 9.13 Å². The Hall–Kier alpha value is -2.74. The molecule has 0 spiro atoms. The summed E-state index contributed by atoms with van der Waals surface area (Å²) in [5.74, 6) is 0. The molecule has 120 valence electrons. The zero-order valence-corrected chi connectivity index (χ0v) is 14.7. The maximum Gasteiger partial charge on any atom is 0.0486 e. The fourth-order valence-electron chi connectivity index (χ4n) is 3.69. The molecule has 0 aliphatic carbocycles. The van der Waals surface area contributed by atoms with E-state index < -0.39 is 0 Å². The molecule has 2 nitrogen and oxygen atoms in total. The van der Waals surface area contributed by atoms with Gasteiger partial charge in [-0.2, -0.15) is 0 Å². The van der Waals surface area contributed by atoms with E-state index in [0.717, 1.165) is 0 Å². The van der Waals surface area contributed by atoms with E-state index in [0.29, 0.717) is 0 Å². The average molecular weight is 314 g/mol. The summed E-state index contributed by atoms with van der Waals surface area (Å²) in [7, 11) is 4.27. The summed E-state index contributed by atoms with van der Waals surface area (Å²) in [6, 6.07) is 17.2. The van der Waals surface area contributed by atoms with E-state index in [1.807, 2.05) is 0 Å². The highest BCUT2D eigenvalue weighted by molar-refractivity contribution is 5.98. The van der Waals surface area contributed by atoms with E-state index in [1.165, 1.54) is 44.3 Å². The molecule has 0 radical (unpaired) electrons. The second-order valence-corrected chi connectivity index (χ2v) is 6.48. The number of aryl methyl sites for hydroxylation is 2. The van der Waals surface area contributed by atoms with Crippen molar-refractivity contribution in [1.82, 2.24) is 9.13 Å². The van der Waals surface area contributed by atoms with Gasteiger partial charge in [0.25, 0.3) is 0 Å².